The highest BCUT2D eigenvalue weighted by Crippen LogP contribution is 2.33. The molecule has 0 spiro atoms. The minimum Gasteiger partial charge on any atom is -0.379 e. The van der Waals surface area contributed by atoms with Gasteiger partial charge in [-0.05, 0) is 51.2 Å². The molecular weight excluding hydrogens is 282 g/mol. The van der Waals surface area contributed by atoms with Gasteiger partial charge < -0.3 is 10.1 Å². The highest BCUT2D eigenvalue weighted by Gasteiger charge is 2.28. The molecule has 122 valence electrons. The van der Waals surface area contributed by atoms with E-state index in [4.69, 9.17) is 4.74 Å². The molecule has 4 nitrogen and oxygen atoms in total. The van der Waals surface area contributed by atoms with Crippen molar-refractivity contribution >= 4 is 11.5 Å². The maximum absolute atomic E-state index is 5.55. The third-order valence-corrected chi connectivity index (χ3v) is 4.61. The second kappa shape index (κ2) is 7.65. The number of hydrogen-bond acceptors (Lipinski definition) is 5. The van der Waals surface area contributed by atoms with Gasteiger partial charge in [-0.15, -0.1) is 5.10 Å². The predicted octanol–water partition coefficient (Wildman–Crippen LogP) is 4.08. The van der Waals surface area contributed by atoms with Gasteiger partial charge in [-0.2, -0.15) is 0 Å². The molecule has 1 aromatic heterocycles. The monoisotopic (exact) mass is 313 g/mol. The number of nitrogens with zero attached hydrogens (tertiary/aromatic N) is 2. The lowest BCUT2D eigenvalue weighted by molar-refractivity contribution is 0.0117. The smallest absolute Gasteiger partial charge is 0.0857 e. The van der Waals surface area contributed by atoms with Crippen LogP contribution in [0.1, 0.15) is 77.4 Å². The summed E-state index contributed by atoms with van der Waals surface area (Å²) in [6, 6.07) is 0.314. The van der Waals surface area contributed by atoms with Crippen LogP contribution in [-0.4, -0.2) is 28.8 Å². The van der Waals surface area contributed by atoms with Crippen molar-refractivity contribution in [2.45, 2.75) is 77.9 Å². The highest BCUT2D eigenvalue weighted by atomic mass is 32.1. The van der Waals surface area contributed by atoms with E-state index >= 15 is 0 Å². The molecule has 0 aliphatic rings. The van der Waals surface area contributed by atoms with Gasteiger partial charge in [0, 0.05) is 18.6 Å². The Hall–Kier alpha value is -0.520. The fourth-order valence-electron chi connectivity index (χ4n) is 2.18. The van der Waals surface area contributed by atoms with Gasteiger partial charge in [0.15, 0.2) is 0 Å². The van der Waals surface area contributed by atoms with Crippen LogP contribution in [0.4, 0.5) is 0 Å². The Morgan fingerprint density at radius 2 is 1.90 bits per heavy atom. The second-order valence-electron chi connectivity index (χ2n) is 7.24. The largest absolute Gasteiger partial charge is 0.379 e. The summed E-state index contributed by atoms with van der Waals surface area (Å²) in [6.07, 6.45) is 3.17. The summed E-state index contributed by atoms with van der Waals surface area (Å²) in [5.74, 6) is 0. The van der Waals surface area contributed by atoms with E-state index in [0.717, 1.165) is 31.5 Å². The van der Waals surface area contributed by atoms with Crippen molar-refractivity contribution in [3.63, 3.8) is 0 Å². The van der Waals surface area contributed by atoms with Gasteiger partial charge in [0.1, 0.15) is 0 Å². The van der Waals surface area contributed by atoms with E-state index in [-0.39, 0.29) is 11.0 Å². The third-order valence-electron chi connectivity index (χ3n) is 3.77. The molecule has 0 aliphatic heterocycles. The quantitative estimate of drug-likeness (QED) is 0.785. The van der Waals surface area contributed by atoms with E-state index in [9.17, 15) is 0 Å². The standard InChI is InChI=1S/C16H31N3OS/c1-8-11-17-12(9-10-16(5,6)20-7)13-14(15(2,3)4)18-19-21-13/h12,17H,8-11H2,1-7H3. The Morgan fingerprint density at radius 1 is 1.24 bits per heavy atom. The molecule has 5 heteroatoms. The SMILES string of the molecule is CCCNC(CCC(C)(C)OC)c1snnc1C(C)(C)C. The third kappa shape index (κ3) is 5.64. The number of nitrogens with one attached hydrogen (secondary N) is 1. The van der Waals surface area contributed by atoms with Crippen molar-refractivity contribution in [3.05, 3.63) is 10.6 Å². The summed E-state index contributed by atoms with van der Waals surface area (Å²) >= 11 is 1.53. The molecule has 1 aromatic rings. The summed E-state index contributed by atoms with van der Waals surface area (Å²) < 4.78 is 9.75. The van der Waals surface area contributed by atoms with E-state index < -0.39 is 0 Å². The van der Waals surface area contributed by atoms with Crippen molar-refractivity contribution in [3.8, 4) is 0 Å². The zero-order valence-corrected chi connectivity index (χ0v) is 15.4. The molecule has 0 saturated carbocycles. The van der Waals surface area contributed by atoms with Gasteiger partial charge in [0.25, 0.3) is 0 Å². The lowest BCUT2D eigenvalue weighted by Crippen LogP contribution is -2.29. The molecule has 21 heavy (non-hydrogen) atoms. The van der Waals surface area contributed by atoms with Crippen LogP contribution in [0.2, 0.25) is 0 Å². The second-order valence-corrected chi connectivity index (χ2v) is 8.03. The van der Waals surface area contributed by atoms with E-state index in [2.05, 4.69) is 56.4 Å². The maximum atomic E-state index is 5.55. The van der Waals surface area contributed by atoms with Crippen LogP contribution >= 0.6 is 11.5 Å². The van der Waals surface area contributed by atoms with Crippen molar-refractivity contribution in [2.75, 3.05) is 13.7 Å². The fraction of sp³-hybridized carbons (Fsp3) is 0.875. The predicted molar refractivity (Wildman–Crippen MR) is 90.0 cm³/mol. The Kier molecular flexibility index (Phi) is 6.75. The van der Waals surface area contributed by atoms with Gasteiger partial charge in [0.05, 0.1) is 16.2 Å². The first kappa shape index (κ1) is 18.5. The first-order valence-electron chi connectivity index (χ1n) is 7.82. The first-order chi connectivity index (χ1) is 9.71. The molecule has 1 unspecified atom stereocenters. The Balaban J connectivity index is 2.90. The van der Waals surface area contributed by atoms with Gasteiger partial charge in [-0.3, -0.25) is 0 Å². The van der Waals surface area contributed by atoms with Crippen LogP contribution in [0.15, 0.2) is 0 Å². The molecule has 0 fully saturated rings. The highest BCUT2D eigenvalue weighted by molar-refractivity contribution is 7.05. The molecule has 0 aromatic carbocycles. The maximum Gasteiger partial charge on any atom is 0.0857 e. The van der Waals surface area contributed by atoms with Crippen molar-refractivity contribution in [2.24, 2.45) is 0 Å². The minimum atomic E-state index is -0.0911. The van der Waals surface area contributed by atoms with Crippen molar-refractivity contribution in [1.82, 2.24) is 14.9 Å². The summed E-state index contributed by atoms with van der Waals surface area (Å²) in [6.45, 7) is 14.1. The van der Waals surface area contributed by atoms with Crippen LogP contribution in [-0.2, 0) is 10.2 Å². The summed E-state index contributed by atoms with van der Waals surface area (Å²) in [7, 11) is 1.78. The van der Waals surface area contributed by atoms with Crippen LogP contribution in [0.3, 0.4) is 0 Å². The number of aromatic nitrogens is 2. The average molecular weight is 314 g/mol. The molecule has 1 atom stereocenters. The topological polar surface area (TPSA) is 47.0 Å². The van der Waals surface area contributed by atoms with Crippen molar-refractivity contribution < 1.29 is 4.74 Å². The first-order valence-corrected chi connectivity index (χ1v) is 8.60. The van der Waals surface area contributed by atoms with E-state index in [1.54, 1.807) is 7.11 Å². The van der Waals surface area contributed by atoms with Crippen molar-refractivity contribution in [1.29, 1.82) is 0 Å². The molecule has 1 rings (SSSR count). The summed E-state index contributed by atoms with van der Waals surface area (Å²) in [5.41, 5.74) is 1.06. The Morgan fingerprint density at radius 3 is 2.43 bits per heavy atom. The van der Waals surface area contributed by atoms with Gasteiger partial charge in [-0.1, -0.05) is 32.2 Å². The number of rotatable bonds is 8. The fourth-order valence-corrected chi connectivity index (χ4v) is 3.16. The van der Waals surface area contributed by atoms with E-state index in [1.807, 2.05) is 0 Å². The molecule has 1 N–H and O–H groups in total. The average Bonchev–Trinajstić information content (AvgIpc) is 2.88. The summed E-state index contributed by atoms with van der Waals surface area (Å²) in [4.78, 5) is 1.28. The van der Waals surface area contributed by atoms with Gasteiger partial charge in [-0.25, -0.2) is 0 Å². The molecule has 0 aliphatic carbocycles. The number of methoxy groups -OCH3 is 1. The zero-order valence-electron chi connectivity index (χ0n) is 14.6. The molecule has 0 radical (unpaired) electrons. The Bertz CT molecular complexity index is 423. The van der Waals surface area contributed by atoms with Crippen LogP contribution in [0, 0.1) is 0 Å². The minimum absolute atomic E-state index is 0.0330. The van der Waals surface area contributed by atoms with Crippen LogP contribution in [0.25, 0.3) is 0 Å². The van der Waals surface area contributed by atoms with Crippen LogP contribution < -0.4 is 5.32 Å². The molecule has 0 saturated heterocycles. The number of hydrogen-bond donors (Lipinski definition) is 1. The molecule has 1 heterocycles. The normalized spacial score (nSPS) is 14.4. The van der Waals surface area contributed by atoms with E-state index in [0.29, 0.717) is 6.04 Å². The molecular formula is C16H31N3OS. The van der Waals surface area contributed by atoms with Gasteiger partial charge in [0.2, 0.25) is 0 Å². The molecule has 0 amide bonds. The van der Waals surface area contributed by atoms with Gasteiger partial charge >= 0.3 is 0 Å². The van der Waals surface area contributed by atoms with Crippen LogP contribution in [0.5, 0.6) is 0 Å². The Labute approximate surface area is 133 Å². The lowest BCUT2D eigenvalue weighted by Gasteiger charge is -2.27. The summed E-state index contributed by atoms with van der Waals surface area (Å²) in [5, 5.41) is 8.03. The lowest BCUT2D eigenvalue weighted by atomic mass is 9.88. The molecule has 0 bridgehead atoms. The van der Waals surface area contributed by atoms with E-state index in [1.165, 1.54) is 16.4 Å². The zero-order chi connectivity index (χ0) is 16.1. The number of ether oxygens (including phenoxy) is 1.